The lowest BCUT2D eigenvalue weighted by Crippen LogP contribution is -2.35. The van der Waals surface area contributed by atoms with Crippen LogP contribution in [0.15, 0.2) is 42.5 Å². The number of benzene rings is 2. The first-order chi connectivity index (χ1) is 16.5. The fourth-order valence-corrected chi connectivity index (χ4v) is 4.44. The van der Waals surface area contributed by atoms with E-state index in [1.54, 1.807) is 6.92 Å². The lowest BCUT2D eigenvalue weighted by atomic mass is 10.1. The molecule has 4 rings (SSSR count). The van der Waals surface area contributed by atoms with E-state index in [9.17, 15) is 9.90 Å². The summed E-state index contributed by atoms with van der Waals surface area (Å²) in [6.45, 7) is 8.21. The van der Waals surface area contributed by atoms with Gasteiger partial charge in [-0.1, -0.05) is 17.7 Å². The second-order valence-corrected chi connectivity index (χ2v) is 8.79. The Morgan fingerprint density at radius 3 is 2.74 bits per heavy atom. The van der Waals surface area contributed by atoms with Crippen LogP contribution in [-0.4, -0.2) is 60.8 Å². The summed E-state index contributed by atoms with van der Waals surface area (Å²) in [6.07, 6.45) is 1.74. The smallest absolute Gasteiger partial charge is 0.340 e. The van der Waals surface area contributed by atoms with Crippen LogP contribution in [-0.2, 0) is 9.47 Å². The number of aryl methyl sites for hydroxylation is 1. The van der Waals surface area contributed by atoms with Crippen molar-refractivity contribution in [2.45, 2.75) is 45.8 Å². The van der Waals surface area contributed by atoms with Crippen LogP contribution in [0.4, 0.5) is 0 Å². The number of hydrogen-bond acceptors (Lipinski definition) is 6. The van der Waals surface area contributed by atoms with Crippen molar-refractivity contribution in [3.05, 3.63) is 59.3 Å². The molecule has 0 spiro atoms. The van der Waals surface area contributed by atoms with Crippen LogP contribution in [0.1, 0.15) is 41.4 Å². The molecular formula is C27H34N2O5. The van der Waals surface area contributed by atoms with E-state index in [0.29, 0.717) is 24.5 Å². The van der Waals surface area contributed by atoms with Crippen molar-refractivity contribution < 1.29 is 24.1 Å². The monoisotopic (exact) mass is 466 g/mol. The number of esters is 1. The van der Waals surface area contributed by atoms with E-state index in [-0.39, 0.29) is 18.7 Å². The van der Waals surface area contributed by atoms with Crippen molar-refractivity contribution in [3.63, 3.8) is 0 Å². The molecule has 2 aromatic carbocycles. The lowest BCUT2D eigenvalue weighted by molar-refractivity contribution is 0.0527. The molecule has 1 aliphatic heterocycles. The van der Waals surface area contributed by atoms with Gasteiger partial charge in [-0.3, -0.25) is 0 Å². The minimum absolute atomic E-state index is 0.149. The molecule has 34 heavy (non-hydrogen) atoms. The third-order valence-electron chi connectivity index (χ3n) is 6.17. The lowest BCUT2D eigenvalue weighted by Gasteiger charge is -2.15. The van der Waals surface area contributed by atoms with Crippen LogP contribution in [0, 0.1) is 13.8 Å². The molecule has 0 radical (unpaired) electrons. The van der Waals surface area contributed by atoms with Gasteiger partial charge in [-0.15, -0.1) is 0 Å². The normalized spacial score (nSPS) is 16.6. The Morgan fingerprint density at radius 1 is 1.24 bits per heavy atom. The summed E-state index contributed by atoms with van der Waals surface area (Å²) in [6, 6.07) is 13.9. The topological polar surface area (TPSA) is 82.0 Å². The van der Waals surface area contributed by atoms with Crippen LogP contribution in [0.3, 0.4) is 0 Å². The highest BCUT2D eigenvalue weighted by Gasteiger charge is 2.22. The zero-order valence-electron chi connectivity index (χ0n) is 20.2. The number of nitrogens with zero attached hydrogens (tertiary/aromatic N) is 1. The summed E-state index contributed by atoms with van der Waals surface area (Å²) >= 11 is 0. The number of carbonyl (C=O) groups is 1. The van der Waals surface area contributed by atoms with Crippen LogP contribution < -0.4 is 10.1 Å². The zero-order chi connectivity index (χ0) is 24.1. The van der Waals surface area contributed by atoms with Crippen molar-refractivity contribution in [1.29, 1.82) is 0 Å². The van der Waals surface area contributed by atoms with Crippen molar-refractivity contribution in [2.75, 3.05) is 32.9 Å². The summed E-state index contributed by atoms with van der Waals surface area (Å²) in [5, 5.41) is 14.3. The molecule has 0 saturated carbocycles. The Labute approximate surface area is 200 Å². The number of aromatic nitrogens is 1. The maximum Gasteiger partial charge on any atom is 0.340 e. The van der Waals surface area contributed by atoms with E-state index in [0.717, 1.165) is 48.3 Å². The second-order valence-electron chi connectivity index (χ2n) is 8.79. The Kier molecular flexibility index (Phi) is 7.88. The van der Waals surface area contributed by atoms with Gasteiger partial charge in [0.05, 0.1) is 23.8 Å². The van der Waals surface area contributed by atoms with Crippen LogP contribution in [0.25, 0.3) is 16.6 Å². The van der Waals surface area contributed by atoms with E-state index in [2.05, 4.69) is 22.0 Å². The first kappa shape index (κ1) is 24.3. The molecule has 1 aliphatic rings. The van der Waals surface area contributed by atoms with Gasteiger partial charge < -0.3 is 29.2 Å². The SMILES string of the molecule is CCOC(=O)c1c(C)n(-c2ccc(C)cc2)c2ccc(OCC(O)CNCC3CCCO3)cc12. The molecule has 2 atom stereocenters. The fourth-order valence-electron chi connectivity index (χ4n) is 4.44. The van der Waals surface area contributed by atoms with Gasteiger partial charge in [-0.25, -0.2) is 4.79 Å². The minimum Gasteiger partial charge on any atom is -0.491 e. The Bertz CT molecular complexity index is 1120. The van der Waals surface area contributed by atoms with Gasteiger partial charge in [0.2, 0.25) is 0 Å². The summed E-state index contributed by atoms with van der Waals surface area (Å²) in [7, 11) is 0. The standard InChI is InChI=1S/C27H34N2O5/c1-4-32-27(31)26-19(3)29(20-9-7-18(2)8-10-20)25-12-11-22(14-24(25)26)34-17-21(30)15-28-16-23-6-5-13-33-23/h7-12,14,21,23,28,30H,4-6,13,15-17H2,1-3H3. The number of rotatable bonds is 10. The zero-order valence-corrected chi connectivity index (χ0v) is 20.2. The van der Waals surface area contributed by atoms with Crippen LogP contribution in [0.2, 0.25) is 0 Å². The number of aliphatic hydroxyl groups excluding tert-OH is 1. The molecule has 7 nitrogen and oxygen atoms in total. The Morgan fingerprint density at radius 2 is 2.03 bits per heavy atom. The second kappa shape index (κ2) is 11.0. The maximum absolute atomic E-state index is 12.8. The summed E-state index contributed by atoms with van der Waals surface area (Å²) in [5.41, 5.74) is 4.39. The molecular weight excluding hydrogens is 432 g/mol. The quantitative estimate of drug-likeness (QED) is 0.441. The average Bonchev–Trinajstić information content (AvgIpc) is 3.43. The number of nitrogens with one attached hydrogen (secondary N) is 1. The van der Waals surface area contributed by atoms with E-state index in [1.165, 1.54) is 5.56 Å². The summed E-state index contributed by atoms with van der Waals surface area (Å²) in [4.78, 5) is 12.8. The van der Waals surface area contributed by atoms with E-state index >= 15 is 0 Å². The number of carbonyl (C=O) groups excluding carboxylic acids is 1. The van der Waals surface area contributed by atoms with Crippen molar-refractivity contribution in [3.8, 4) is 11.4 Å². The predicted molar refractivity (Wildman–Crippen MR) is 132 cm³/mol. The van der Waals surface area contributed by atoms with Crippen molar-refractivity contribution in [1.82, 2.24) is 9.88 Å². The van der Waals surface area contributed by atoms with Gasteiger partial charge in [-0.05, 0) is 63.9 Å². The number of ether oxygens (including phenoxy) is 3. The minimum atomic E-state index is -0.652. The van der Waals surface area contributed by atoms with Crippen molar-refractivity contribution >= 4 is 16.9 Å². The van der Waals surface area contributed by atoms with Gasteiger partial charge in [0, 0.05) is 36.5 Å². The van der Waals surface area contributed by atoms with Crippen LogP contribution >= 0.6 is 0 Å². The fraction of sp³-hybridized carbons (Fsp3) is 0.444. The molecule has 1 saturated heterocycles. The van der Waals surface area contributed by atoms with Crippen molar-refractivity contribution in [2.24, 2.45) is 0 Å². The number of aliphatic hydroxyl groups is 1. The van der Waals surface area contributed by atoms with Gasteiger partial charge >= 0.3 is 5.97 Å². The molecule has 2 unspecified atom stereocenters. The largest absolute Gasteiger partial charge is 0.491 e. The average molecular weight is 467 g/mol. The van der Waals surface area contributed by atoms with Gasteiger partial charge in [0.15, 0.2) is 0 Å². The Hall–Kier alpha value is -2.87. The molecule has 1 aromatic heterocycles. The molecule has 2 heterocycles. The van der Waals surface area contributed by atoms with E-state index in [1.807, 2.05) is 44.2 Å². The molecule has 2 N–H and O–H groups in total. The van der Waals surface area contributed by atoms with Crippen LogP contribution in [0.5, 0.6) is 5.75 Å². The summed E-state index contributed by atoms with van der Waals surface area (Å²) in [5.74, 6) is 0.239. The first-order valence-electron chi connectivity index (χ1n) is 12.0. The molecule has 182 valence electrons. The molecule has 0 bridgehead atoms. The molecule has 0 amide bonds. The third kappa shape index (κ3) is 5.43. The molecule has 1 fully saturated rings. The van der Waals surface area contributed by atoms with E-state index < -0.39 is 6.10 Å². The third-order valence-corrected chi connectivity index (χ3v) is 6.17. The highest BCUT2D eigenvalue weighted by atomic mass is 16.5. The molecule has 0 aliphatic carbocycles. The van der Waals surface area contributed by atoms with Gasteiger partial charge in [0.1, 0.15) is 18.5 Å². The predicted octanol–water partition coefficient (Wildman–Crippen LogP) is 3.93. The number of fused-ring (bicyclic) bond motifs is 1. The maximum atomic E-state index is 12.8. The molecule has 7 heteroatoms. The van der Waals surface area contributed by atoms with E-state index in [4.69, 9.17) is 14.2 Å². The summed E-state index contributed by atoms with van der Waals surface area (Å²) < 4.78 is 18.9. The van der Waals surface area contributed by atoms with Gasteiger partial charge in [-0.2, -0.15) is 0 Å². The Balaban J connectivity index is 1.53. The highest BCUT2D eigenvalue weighted by Crippen LogP contribution is 2.32. The molecule has 3 aromatic rings. The highest BCUT2D eigenvalue weighted by molar-refractivity contribution is 6.07. The van der Waals surface area contributed by atoms with Gasteiger partial charge in [0.25, 0.3) is 0 Å². The first-order valence-corrected chi connectivity index (χ1v) is 12.0. The number of hydrogen-bond donors (Lipinski definition) is 2.